The summed E-state index contributed by atoms with van der Waals surface area (Å²) in [6.07, 6.45) is 10.1. The van der Waals surface area contributed by atoms with E-state index in [9.17, 15) is 0 Å². The van der Waals surface area contributed by atoms with Crippen molar-refractivity contribution in [2.24, 2.45) is 0 Å². The summed E-state index contributed by atoms with van der Waals surface area (Å²) in [4.78, 5) is 0. The molecule has 0 atom stereocenters. The van der Waals surface area contributed by atoms with Gasteiger partial charge in [0, 0.05) is 6.04 Å². The molecule has 1 aliphatic carbocycles. The molecule has 0 N–H and O–H groups in total. The van der Waals surface area contributed by atoms with E-state index in [0.29, 0.717) is 0 Å². The van der Waals surface area contributed by atoms with Gasteiger partial charge in [-0.25, -0.2) is 0 Å². The van der Waals surface area contributed by atoms with Crippen molar-refractivity contribution < 1.29 is 18.9 Å². The second-order valence-corrected chi connectivity index (χ2v) is 10.3. The Morgan fingerprint density at radius 1 is 1.20 bits per heavy atom. The number of rotatable bonds is 4. The summed E-state index contributed by atoms with van der Waals surface area (Å²) in [6.45, 7) is 12.0. The minimum Gasteiger partial charge on any atom is -0.490 e. The number of hydrogen-bond donors (Lipinski definition) is 0. The molecule has 0 amide bonds. The van der Waals surface area contributed by atoms with Crippen LogP contribution in [0, 0.1) is 6.08 Å². The van der Waals surface area contributed by atoms with Crippen LogP contribution in [-0.4, -0.2) is 25.4 Å². The van der Waals surface area contributed by atoms with Crippen LogP contribution in [0.3, 0.4) is 0 Å². The summed E-state index contributed by atoms with van der Waals surface area (Å²) in [5.74, 6) is 0. The molecule has 0 saturated heterocycles. The van der Waals surface area contributed by atoms with Crippen molar-refractivity contribution in [1.82, 2.24) is 4.57 Å². The van der Waals surface area contributed by atoms with Crippen LogP contribution < -0.4 is 18.9 Å². The summed E-state index contributed by atoms with van der Waals surface area (Å²) in [5.41, 5.74) is 0. The minimum atomic E-state index is -1.16. The van der Waals surface area contributed by atoms with Gasteiger partial charge in [-0.1, -0.05) is 38.9 Å². The van der Waals surface area contributed by atoms with Crippen LogP contribution in [-0.2, 0) is 0 Å². The molecule has 1 saturated carbocycles. The number of nitrogens with zero attached hydrogens (tertiary/aromatic N) is 1. The van der Waals surface area contributed by atoms with E-state index >= 15 is 0 Å². The Hall–Kier alpha value is 0.514. The van der Waals surface area contributed by atoms with Crippen molar-refractivity contribution in [3.05, 3.63) is 12.7 Å². The van der Waals surface area contributed by atoms with E-state index in [4.69, 9.17) is 0 Å². The topological polar surface area (TPSA) is 3.24 Å². The number of hydrogen-bond acceptors (Lipinski definition) is 1. The third kappa shape index (κ3) is 4.91. The zero-order valence-corrected chi connectivity index (χ0v) is 12.0. The fraction of sp³-hybridized carbons (Fsp3) is 0.833. The van der Waals surface area contributed by atoms with Crippen LogP contribution in [0.25, 0.3) is 0 Å². The van der Waals surface area contributed by atoms with Crippen molar-refractivity contribution in [2.75, 3.05) is 6.54 Å². The van der Waals surface area contributed by atoms with Crippen LogP contribution in [0.2, 0.25) is 19.6 Å². The van der Waals surface area contributed by atoms with Gasteiger partial charge in [0.25, 0.3) is 0 Å². The Bertz CT molecular complexity index is 183. The molecule has 15 heavy (non-hydrogen) atoms. The molecule has 1 rings (SSSR count). The standard InChI is InChI=1S/C12H24NSi.Li/c1-5-11-13(14(2,3)4)12-9-7-6-8-10-12;/h12H,1,6-11H2,2-4H3;/q-1;+1. The zero-order chi connectivity index (χ0) is 10.6. The Kier molecular flexibility index (Phi) is 7.20. The molecular formula is C12H24LiNSi. The zero-order valence-electron chi connectivity index (χ0n) is 11.0. The third-order valence-electron chi connectivity index (χ3n) is 3.16. The Morgan fingerprint density at radius 2 is 1.73 bits per heavy atom. The van der Waals surface area contributed by atoms with Gasteiger partial charge in [0.1, 0.15) is 8.24 Å². The molecule has 1 aliphatic rings. The van der Waals surface area contributed by atoms with Gasteiger partial charge in [-0.3, -0.25) is 6.58 Å². The fourth-order valence-corrected chi connectivity index (χ4v) is 4.37. The summed E-state index contributed by atoms with van der Waals surface area (Å²) >= 11 is 0. The Labute approximate surface area is 109 Å². The average Bonchev–Trinajstić information content (AvgIpc) is 2.14. The van der Waals surface area contributed by atoms with Crippen molar-refractivity contribution in [2.45, 2.75) is 57.8 Å². The Morgan fingerprint density at radius 3 is 2.13 bits per heavy atom. The normalized spacial score (nSPS) is 18.7. The largest absolute Gasteiger partial charge is 1.00 e. The summed E-state index contributed by atoms with van der Waals surface area (Å²) in [7, 11) is -1.16. The van der Waals surface area contributed by atoms with Crippen molar-refractivity contribution in [1.29, 1.82) is 0 Å². The summed E-state index contributed by atoms with van der Waals surface area (Å²) < 4.78 is 2.69. The van der Waals surface area contributed by atoms with E-state index in [1.807, 2.05) is 0 Å². The first kappa shape index (κ1) is 15.5. The molecule has 0 radical (unpaired) electrons. The maximum atomic E-state index is 3.76. The summed E-state index contributed by atoms with van der Waals surface area (Å²) in [5, 5.41) is 0. The van der Waals surface area contributed by atoms with E-state index in [2.05, 4.69) is 36.9 Å². The van der Waals surface area contributed by atoms with Crippen molar-refractivity contribution in [3.8, 4) is 0 Å². The molecule has 0 aliphatic heterocycles. The van der Waals surface area contributed by atoms with Gasteiger partial charge in [-0.2, -0.15) is 0 Å². The van der Waals surface area contributed by atoms with Gasteiger partial charge in [-0.05, 0) is 12.8 Å². The smallest absolute Gasteiger partial charge is 0.490 e. The van der Waals surface area contributed by atoms with Crippen LogP contribution in [0.5, 0.6) is 0 Å². The molecule has 0 aromatic rings. The van der Waals surface area contributed by atoms with E-state index in [-0.39, 0.29) is 18.9 Å². The van der Waals surface area contributed by atoms with Gasteiger partial charge in [0.2, 0.25) is 0 Å². The van der Waals surface area contributed by atoms with Gasteiger partial charge in [0.05, 0.1) is 0 Å². The first-order chi connectivity index (χ1) is 6.55. The van der Waals surface area contributed by atoms with Crippen molar-refractivity contribution >= 4 is 8.24 Å². The van der Waals surface area contributed by atoms with Gasteiger partial charge in [0.15, 0.2) is 0 Å². The van der Waals surface area contributed by atoms with Gasteiger partial charge < -0.3 is 10.6 Å². The average molecular weight is 217 g/mol. The van der Waals surface area contributed by atoms with Crippen LogP contribution >= 0.6 is 0 Å². The molecule has 0 aromatic heterocycles. The molecule has 1 nitrogen and oxygen atoms in total. The van der Waals surface area contributed by atoms with E-state index in [0.717, 1.165) is 12.6 Å². The van der Waals surface area contributed by atoms with E-state index in [1.165, 1.54) is 32.1 Å². The minimum absolute atomic E-state index is 0. The van der Waals surface area contributed by atoms with Crippen LogP contribution in [0.4, 0.5) is 0 Å². The Balaban J connectivity index is 0.00000196. The maximum Gasteiger partial charge on any atom is 1.00 e. The van der Waals surface area contributed by atoms with Crippen molar-refractivity contribution in [3.63, 3.8) is 0 Å². The second kappa shape index (κ2) is 6.96. The van der Waals surface area contributed by atoms with Gasteiger partial charge in [-0.15, -0.1) is 6.54 Å². The quantitative estimate of drug-likeness (QED) is 0.488. The molecule has 0 unspecified atom stereocenters. The monoisotopic (exact) mass is 217 g/mol. The predicted octanol–water partition coefficient (Wildman–Crippen LogP) is 0.449. The maximum absolute atomic E-state index is 3.76. The SMILES string of the molecule is C=[C-]CN(C1CCCCC1)[Si](C)(C)C.[Li+]. The van der Waals surface area contributed by atoms with Gasteiger partial charge >= 0.3 is 18.9 Å². The third-order valence-corrected chi connectivity index (χ3v) is 5.41. The summed E-state index contributed by atoms with van der Waals surface area (Å²) in [6, 6.07) is 0.824. The van der Waals surface area contributed by atoms with Crippen LogP contribution in [0.15, 0.2) is 6.58 Å². The van der Waals surface area contributed by atoms with E-state index in [1.54, 1.807) is 0 Å². The van der Waals surface area contributed by atoms with E-state index < -0.39 is 8.24 Å². The molecule has 82 valence electrons. The second-order valence-electron chi connectivity index (χ2n) is 5.34. The molecule has 3 heteroatoms. The molecule has 0 spiro atoms. The predicted molar refractivity (Wildman–Crippen MR) is 65.8 cm³/mol. The fourth-order valence-electron chi connectivity index (χ4n) is 2.43. The molecule has 1 fully saturated rings. The first-order valence-corrected chi connectivity index (χ1v) is 9.27. The molecule has 0 aromatic carbocycles. The molecular weight excluding hydrogens is 193 g/mol. The first-order valence-electron chi connectivity index (χ1n) is 5.82. The van der Waals surface area contributed by atoms with Crippen LogP contribution in [0.1, 0.15) is 32.1 Å². The molecule has 0 heterocycles. The molecule has 0 bridgehead atoms.